The van der Waals surface area contributed by atoms with Crippen LogP contribution < -0.4 is 5.32 Å². The van der Waals surface area contributed by atoms with Gasteiger partial charge in [0.05, 0.1) is 0 Å². The maximum absolute atomic E-state index is 11.4. The van der Waals surface area contributed by atoms with Gasteiger partial charge in [-0.15, -0.1) is 0 Å². The largest absolute Gasteiger partial charge is 0.481 e. The molecule has 2 rings (SSSR count). The van der Waals surface area contributed by atoms with Gasteiger partial charge < -0.3 is 10.4 Å². The van der Waals surface area contributed by atoms with Gasteiger partial charge in [-0.1, -0.05) is 17.7 Å². The van der Waals surface area contributed by atoms with Gasteiger partial charge in [0, 0.05) is 10.7 Å². The molecule has 2 N–H and O–H groups in total. The summed E-state index contributed by atoms with van der Waals surface area (Å²) in [4.78, 5) is 22.2. The molecule has 4 nitrogen and oxygen atoms in total. The lowest BCUT2D eigenvalue weighted by atomic mass is 9.93. The minimum atomic E-state index is -1.13. The molecule has 0 aromatic heterocycles. The van der Waals surface area contributed by atoms with Gasteiger partial charge in [0.15, 0.2) is 0 Å². The Labute approximate surface area is 90.9 Å². The molecule has 0 radical (unpaired) electrons. The second kappa shape index (κ2) is 3.55. The van der Waals surface area contributed by atoms with E-state index in [0.717, 1.165) is 0 Å². The molecule has 0 saturated carbocycles. The Morgan fingerprint density at radius 2 is 2.27 bits per heavy atom. The van der Waals surface area contributed by atoms with Gasteiger partial charge in [-0.05, 0) is 24.1 Å². The van der Waals surface area contributed by atoms with E-state index in [4.69, 9.17) is 16.7 Å². The summed E-state index contributed by atoms with van der Waals surface area (Å²) in [6.07, 6.45) is 0.149. The van der Waals surface area contributed by atoms with Crippen LogP contribution in [-0.4, -0.2) is 17.0 Å². The first-order valence-electron chi connectivity index (χ1n) is 4.40. The molecule has 1 amide bonds. The van der Waals surface area contributed by atoms with Crippen LogP contribution in [0.4, 0.5) is 5.69 Å². The van der Waals surface area contributed by atoms with Crippen molar-refractivity contribution in [3.05, 3.63) is 28.8 Å². The third-order valence-electron chi connectivity index (χ3n) is 2.40. The number of rotatable bonds is 1. The van der Waals surface area contributed by atoms with E-state index in [0.29, 0.717) is 16.3 Å². The molecule has 0 fully saturated rings. The van der Waals surface area contributed by atoms with Crippen LogP contribution in [0.2, 0.25) is 5.02 Å². The first-order valence-corrected chi connectivity index (χ1v) is 4.78. The van der Waals surface area contributed by atoms with Gasteiger partial charge >= 0.3 is 5.97 Å². The van der Waals surface area contributed by atoms with E-state index in [9.17, 15) is 9.59 Å². The van der Waals surface area contributed by atoms with Crippen molar-refractivity contribution in [2.24, 2.45) is 5.92 Å². The Hall–Kier alpha value is -1.55. The third-order valence-corrected chi connectivity index (χ3v) is 2.75. The molecule has 1 aliphatic heterocycles. The van der Waals surface area contributed by atoms with E-state index in [-0.39, 0.29) is 6.42 Å². The molecule has 1 atom stereocenters. The van der Waals surface area contributed by atoms with Gasteiger partial charge in [0.1, 0.15) is 5.92 Å². The summed E-state index contributed by atoms with van der Waals surface area (Å²) in [7, 11) is 0. The third kappa shape index (κ3) is 1.68. The smallest absolute Gasteiger partial charge is 0.316 e. The molecule has 0 saturated heterocycles. The van der Waals surface area contributed by atoms with E-state index >= 15 is 0 Å². The molecule has 1 unspecified atom stereocenters. The van der Waals surface area contributed by atoms with Crippen LogP contribution in [0.15, 0.2) is 18.2 Å². The minimum absolute atomic E-state index is 0.149. The normalized spacial score (nSPS) is 19.3. The molecule has 78 valence electrons. The fourth-order valence-corrected chi connectivity index (χ4v) is 1.85. The van der Waals surface area contributed by atoms with Crippen LogP contribution in [0, 0.1) is 5.92 Å². The number of hydrogen-bond donors (Lipinski definition) is 2. The van der Waals surface area contributed by atoms with E-state index < -0.39 is 17.8 Å². The summed E-state index contributed by atoms with van der Waals surface area (Å²) in [6.45, 7) is 0. The molecule has 1 aromatic rings. The lowest BCUT2D eigenvalue weighted by molar-refractivity contribution is -0.145. The van der Waals surface area contributed by atoms with Crippen molar-refractivity contribution in [2.45, 2.75) is 6.42 Å². The number of aliphatic carboxylic acids is 1. The fraction of sp³-hybridized carbons (Fsp3) is 0.200. The van der Waals surface area contributed by atoms with Crippen LogP contribution >= 0.6 is 11.6 Å². The average molecular weight is 226 g/mol. The predicted octanol–water partition coefficient (Wildman–Crippen LogP) is 1.54. The van der Waals surface area contributed by atoms with E-state index in [1.807, 2.05) is 0 Å². The summed E-state index contributed by atoms with van der Waals surface area (Å²) in [6, 6.07) is 5.09. The van der Waals surface area contributed by atoms with Crippen molar-refractivity contribution in [1.82, 2.24) is 0 Å². The number of benzene rings is 1. The van der Waals surface area contributed by atoms with Crippen molar-refractivity contribution in [3.8, 4) is 0 Å². The number of halogens is 1. The number of carbonyl (C=O) groups excluding carboxylic acids is 1. The Balaban J connectivity index is 2.43. The number of hydrogen-bond acceptors (Lipinski definition) is 2. The predicted molar refractivity (Wildman–Crippen MR) is 54.9 cm³/mol. The van der Waals surface area contributed by atoms with Crippen LogP contribution in [0.3, 0.4) is 0 Å². The Kier molecular flexibility index (Phi) is 2.36. The number of nitrogens with one attached hydrogen (secondary N) is 1. The average Bonchev–Trinajstić information content (AvgIpc) is 2.16. The number of carbonyl (C=O) groups is 2. The van der Waals surface area contributed by atoms with E-state index in [1.165, 1.54) is 0 Å². The molecule has 0 bridgehead atoms. The zero-order valence-corrected chi connectivity index (χ0v) is 8.41. The number of fused-ring (bicyclic) bond motifs is 1. The molecule has 1 aromatic carbocycles. The molecular weight excluding hydrogens is 218 g/mol. The number of carboxylic acids is 1. The molecule has 0 spiro atoms. The number of anilines is 1. The summed E-state index contributed by atoms with van der Waals surface area (Å²) in [5, 5.41) is 11.8. The van der Waals surface area contributed by atoms with Gasteiger partial charge in [-0.25, -0.2) is 0 Å². The Morgan fingerprint density at radius 1 is 1.53 bits per heavy atom. The van der Waals surface area contributed by atoms with Crippen molar-refractivity contribution < 1.29 is 14.7 Å². The summed E-state index contributed by atoms with van der Waals surface area (Å²) < 4.78 is 0. The number of amides is 1. The fourth-order valence-electron chi connectivity index (χ4n) is 1.60. The highest BCUT2D eigenvalue weighted by Gasteiger charge is 2.32. The molecule has 5 heteroatoms. The van der Waals surface area contributed by atoms with Gasteiger partial charge in [-0.3, -0.25) is 9.59 Å². The highest BCUT2D eigenvalue weighted by Crippen LogP contribution is 2.31. The van der Waals surface area contributed by atoms with Crippen LogP contribution in [-0.2, 0) is 16.0 Å². The SMILES string of the molecule is O=C(O)C1Cc2c(Cl)cccc2NC1=O. The minimum Gasteiger partial charge on any atom is -0.481 e. The number of carboxylic acid groups (broad SMARTS) is 1. The molecular formula is C10H8ClNO3. The summed E-state index contributed by atoms with van der Waals surface area (Å²) in [5.74, 6) is -2.66. The molecule has 1 aliphatic rings. The highest BCUT2D eigenvalue weighted by molar-refractivity contribution is 6.32. The lowest BCUT2D eigenvalue weighted by Gasteiger charge is -2.22. The monoisotopic (exact) mass is 225 g/mol. The first kappa shape index (κ1) is 9.98. The molecule has 15 heavy (non-hydrogen) atoms. The second-order valence-electron chi connectivity index (χ2n) is 3.35. The Morgan fingerprint density at radius 3 is 2.93 bits per heavy atom. The topological polar surface area (TPSA) is 66.4 Å². The van der Waals surface area contributed by atoms with Crippen LogP contribution in [0.25, 0.3) is 0 Å². The zero-order valence-electron chi connectivity index (χ0n) is 7.66. The lowest BCUT2D eigenvalue weighted by Crippen LogP contribution is -2.35. The van der Waals surface area contributed by atoms with Gasteiger partial charge in [-0.2, -0.15) is 0 Å². The van der Waals surface area contributed by atoms with Gasteiger partial charge in [0.25, 0.3) is 0 Å². The maximum atomic E-state index is 11.4. The maximum Gasteiger partial charge on any atom is 0.316 e. The summed E-state index contributed by atoms with van der Waals surface area (Å²) >= 11 is 5.92. The quantitative estimate of drug-likeness (QED) is 0.713. The van der Waals surface area contributed by atoms with Crippen molar-refractivity contribution >= 4 is 29.2 Å². The zero-order chi connectivity index (χ0) is 11.0. The van der Waals surface area contributed by atoms with Crippen molar-refractivity contribution in [1.29, 1.82) is 0 Å². The van der Waals surface area contributed by atoms with E-state index in [1.54, 1.807) is 18.2 Å². The Bertz CT molecular complexity index is 444. The van der Waals surface area contributed by atoms with E-state index in [2.05, 4.69) is 5.32 Å². The molecule has 1 heterocycles. The van der Waals surface area contributed by atoms with Gasteiger partial charge in [0.2, 0.25) is 5.91 Å². The van der Waals surface area contributed by atoms with Crippen LogP contribution in [0.1, 0.15) is 5.56 Å². The second-order valence-corrected chi connectivity index (χ2v) is 3.76. The summed E-state index contributed by atoms with van der Waals surface area (Å²) in [5.41, 5.74) is 1.29. The first-order chi connectivity index (χ1) is 7.09. The van der Waals surface area contributed by atoms with Crippen molar-refractivity contribution in [2.75, 3.05) is 5.32 Å². The van der Waals surface area contributed by atoms with Crippen molar-refractivity contribution in [3.63, 3.8) is 0 Å². The van der Waals surface area contributed by atoms with Crippen LogP contribution in [0.5, 0.6) is 0 Å². The highest BCUT2D eigenvalue weighted by atomic mass is 35.5. The standard InChI is InChI=1S/C10H8ClNO3/c11-7-2-1-3-8-5(7)4-6(10(14)15)9(13)12-8/h1-3,6H,4H2,(H,12,13)(H,14,15). The molecule has 0 aliphatic carbocycles.